The Morgan fingerprint density at radius 3 is 2.68 bits per heavy atom. The van der Waals surface area contributed by atoms with Crippen LogP contribution in [-0.4, -0.2) is 61.7 Å². The number of pyridine rings is 1. The van der Waals surface area contributed by atoms with Gasteiger partial charge in [-0.05, 0) is 103 Å². The molecular formula is C30H36FIN8O. The molecule has 0 atom stereocenters. The molecule has 0 aliphatic heterocycles. The van der Waals surface area contributed by atoms with Gasteiger partial charge < -0.3 is 26.1 Å². The summed E-state index contributed by atoms with van der Waals surface area (Å²) >= 11 is 1.86. The zero-order chi connectivity index (χ0) is 29.9. The quantitative estimate of drug-likeness (QED) is 0.0740. The van der Waals surface area contributed by atoms with Gasteiger partial charge in [-0.1, -0.05) is 6.07 Å². The van der Waals surface area contributed by atoms with Gasteiger partial charge >= 0.3 is 0 Å². The number of rotatable bonds is 12. The van der Waals surface area contributed by atoms with Gasteiger partial charge in [0.05, 0.1) is 22.2 Å². The lowest BCUT2D eigenvalue weighted by Gasteiger charge is -2.14. The van der Waals surface area contributed by atoms with E-state index in [1.807, 2.05) is 93.1 Å². The summed E-state index contributed by atoms with van der Waals surface area (Å²) < 4.78 is 22.4. The third-order valence-corrected chi connectivity index (χ3v) is 7.17. The fraction of sp³-hybridized carbons (Fsp3) is 0.300. The minimum atomic E-state index is -0.629. The maximum atomic E-state index is 14.9. The fourth-order valence-corrected chi connectivity index (χ4v) is 4.49. The van der Waals surface area contributed by atoms with Crippen molar-refractivity contribution in [1.29, 1.82) is 5.26 Å². The van der Waals surface area contributed by atoms with Crippen LogP contribution >= 0.6 is 22.6 Å². The molecule has 0 aliphatic rings. The van der Waals surface area contributed by atoms with Crippen molar-refractivity contribution in [3.63, 3.8) is 0 Å². The molecule has 1 heterocycles. The smallest absolute Gasteiger partial charge is 0.160 e. The van der Waals surface area contributed by atoms with Crippen molar-refractivity contribution in [2.45, 2.75) is 19.8 Å². The third-order valence-electron chi connectivity index (χ3n) is 6.16. The van der Waals surface area contributed by atoms with Crippen LogP contribution in [0.3, 0.4) is 0 Å². The topological polar surface area (TPSA) is 121 Å². The molecule has 9 nitrogen and oxygen atoms in total. The van der Waals surface area contributed by atoms with Gasteiger partial charge in [0.25, 0.3) is 0 Å². The first-order valence-corrected chi connectivity index (χ1v) is 14.1. The van der Waals surface area contributed by atoms with Crippen LogP contribution in [0.1, 0.15) is 28.7 Å². The number of nitrogen functional groups attached to an aromatic ring is 2. The van der Waals surface area contributed by atoms with Gasteiger partial charge in [0.1, 0.15) is 17.4 Å². The molecule has 0 saturated carbocycles. The van der Waals surface area contributed by atoms with E-state index >= 15 is 0 Å². The number of nitrogens with two attached hydrogens (primary N) is 2. The lowest BCUT2D eigenvalue weighted by molar-refractivity contribution is 0.279. The molecule has 0 fully saturated rings. The molecule has 0 spiro atoms. The molecule has 1 aromatic heterocycles. The number of nitrogens with zero attached hydrogens (tertiary/aromatic N) is 6. The Balaban J connectivity index is 1.67. The lowest BCUT2D eigenvalue weighted by Crippen LogP contribution is -2.27. The monoisotopic (exact) mass is 670 g/mol. The summed E-state index contributed by atoms with van der Waals surface area (Å²) in [6.45, 7) is 3.81. The lowest BCUT2D eigenvalue weighted by atomic mass is 10.0. The molecule has 3 aromatic rings. The van der Waals surface area contributed by atoms with Crippen molar-refractivity contribution in [3.8, 4) is 11.8 Å². The summed E-state index contributed by atoms with van der Waals surface area (Å²) in [4.78, 5) is 12.7. The van der Waals surface area contributed by atoms with Crippen LogP contribution in [0.5, 0.6) is 5.75 Å². The van der Waals surface area contributed by atoms with Gasteiger partial charge in [0.15, 0.2) is 11.3 Å². The van der Waals surface area contributed by atoms with Crippen molar-refractivity contribution in [3.05, 3.63) is 92.0 Å². The van der Waals surface area contributed by atoms with Crippen LogP contribution in [-0.2, 0) is 6.42 Å². The number of aromatic nitrogens is 1. The molecular weight excluding hydrogens is 634 g/mol. The van der Waals surface area contributed by atoms with Crippen LogP contribution in [0.4, 0.5) is 15.8 Å². The number of aryl methyl sites for hydroxylation is 1. The van der Waals surface area contributed by atoms with Crippen molar-refractivity contribution in [2.75, 3.05) is 52.4 Å². The van der Waals surface area contributed by atoms with Crippen LogP contribution in [0, 0.1) is 27.6 Å². The average molecular weight is 671 g/mol. The predicted molar refractivity (Wildman–Crippen MR) is 171 cm³/mol. The van der Waals surface area contributed by atoms with Gasteiger partial charge in [-0.25, -0.2) is 14.4 Å². The Kier molecular flexibility index (Phi) is 11.7. The number of likely N-dealkylation sites (N-methyl/N-ethyl adjacent to an activating group) is 1. The van der Waals surface area contributed by atoms with Crippen molar-refractivity contribution >= 4 is 40.3 Å². The molecule has 216 valence electrons. The Morgan fingerprint density at radius 1 is 1.20 bits per heavy atom. The maximum Gasteiger partial charge on any atom is 0.160 e. The van der Waals surface area contributed by atoms with E-state index in [-0.39, 0.29) is 14.8 Å². The Labute approximate surface area is 254 Å². The number of ether oxygens (including phenoxy) is 1. The van der Waals surface area contributed by atoms with Crippen molar-refractivity contribution in [2.24, 2.45) is 9.98 Å². The first-order chi connectivity index (χ1) is 19.6. The van der Waals surface area contributed by atoms with E-state index in [9.17, 15) is 9.65 Å². The van der Waals surface area contributed by atoms with E-state index < -0.39 is 5.82 Å². The first-order valence-electron chi connectivity index (χ1n) is 13.0. The normalized spacial score (nSPS) is 12.0. The summed E-state index contributed by atoms with van der Waals surface area (Å²) in [5, 5.41) is 9.52. The first kappa shape index (κ1) is 31.6. The highest BCUT2D eigenvalue weighted by Crippen LogP contribution is 2.33. The number of hydrogen-bond donors (Lipinski definition) is 2. The van der Waals surface area contributed by atoms with E-state index in [0.717, 1.165) is 36.2 Å². The second-order valence-corrected chi connectivity index (χ2v) is 11.0. The van der Waals surface area contributed by atoms with E-state index in [0.29, 0.717) is 24.4 Å². The molecule has 2 aromatic carbocycles. The van der Waals surface area contributed by atoms with Crippen LogP contribution in [0.15, 0.2) is 64.9 Å². The van der Waals surface area contributed by atoms with Crippen LogP contribution in [0.2, 0.25) is 0 Å². The Morgan fingerprint density at radius 2 is 1.98 bits per heavy atom. The second kappa shape index (κ2) is 15.2. The van der Waals surface area contributed by atoms with Gasteiger partial charge in [-0.3, -0.25) is 4.68 Å². The summed E-state index contributed by atoms with van der Waals surface area (Å²) in [6.07, 6.45) is 8.38. The summed E-state index contributed by atoms with van der Waals surface area (Å²) in [5.41, 5.74) is 10.7. The SMILES string of the molecule is Cc1cc(N)ccc1Cc1ccn(N)/c(=N\C=C/CN(C)/C=N/c2cc(OCCCN(C)C)c(I)c(F)c2C#N)c1. The maximum absolute atomic E-state index is 14.9. The predicted octanol–water partition coefficient (Wildman–Crippen LogP) is 4.34. The molecule has 41 heavy (non-hydrogen) atoms. The fourth-order valence-electron chi connectivity index (χ4n) is 3.91. The summed E-state index contributed by atoms with van der Waals surface area (Å²) in [6, 6.07) is 13.3. The number of anilines is 1. The van der Waals surface area contributed by atoms with Crippen molar-refractivity contribution < 1.29 is 9.13 Å². The van der Waals surface area contributed by atoms with E-state index in [4.69, 9.17) is 16.3 Å². The molecule has 0 amide bonds. The van der Waals surface area contributed by atoms with Gasteiger partial charge in [0.2, 0.25) is 0 Å². The van der Waals surface area contributed by atoms with Crippen LogP contribution in [0.25, 0.3) is 0 Å². The summed E-state index contributed by atoms with van der Waals surface area (Å²) in [7, 11) is 5.78. The third kappa shape index (κ3) is 9.33. The highest BCUT2D eigenvalue weighted by atomic mass is 127. The Bertz CT molecular complexity index is 1520. The molecule has 11 heteroatoms. The summed E-state index contributed by atoms with van der Waals surface area (Å²) in [5.74, 6) is 5.82. The van der Waals surface area contributed by atoms with Gasteiger partial charge in [0, 0.05) is 44.3 Å². The highest BCUT2D eigenvalue weighted by Gasteiger charge is 2.17. The van der Waals surface area contributed by atoms with E-state index in [2.05, 4.69) is 14.9 Å². The number of halogens is 2. The molecule has 0 bridgehead atoms. The molecule has 0 radical (unpaired) electrons. The standard InChI is InChI=1S/C30H36FIN8O/c1-21-15-24(34)8-7-23(21)16-22-9-13-40(35)28(17-22)36-10-5-12-39(4)20-37-26-18-27(41-14-6-11-38(2)3)30(32)29(31)25(26)19-33/h5,7-10,13,15,17-18,20H,6,11-12,14,16,34-35H2,1-4H3/b10-5-,36-28-,37-20+. The van der Waals surface area contributed by atoms with Crippen molar-refractivity contribution in [1.82, 2.24) is 14.5 Å². The van der Waals surface area contributed by atoms with Crippen LogP contribution < -0.4 is 21.8 Å². The van der Waals surface area contributed by atoms with E-state index in [1.54, 1.807) is 29.7 Å². The molecule has 0 unspecified atom stereocenters. The second-order valence-electron chi connectivity index (χ2n) is 9.88. The molecule has 4 N–H and O–H groups in total. The minimum absolute atomic E-state index is 0.119. The van der Waals surface area contributed by atoms with E-state index in [1.165, 1.54) is 10.2 Å². The van der Waals surface area contributed by atoms with Gasteiger partial charge in [-0.2, -0.15) is 5.26 Å². The zero-order valence-electron chi connectivity index (χ0n) is 23.8. The minimum Gasteiger partial charge on any atom is -0.492 e. The number of hydrogen-bond acceptors (Lipinski definition) is 7. The molecule has 3 rings (SSSR count). The number of benzene rings is 2. The largest absolute Gasteiger partial charge is 0.492 e. The number of aliphatic imine (C=N–C) groups is 1. The average Bonchev–Trinajstić information content (AvgIpc) is 2.93. The molecule has 0 saturated heterocycles. The van der Waals surface area contributed by atoms with Gasteiger partial charge in [-0.15, -0.1) is 0 Å². The number of nitriles is 1. The molecule has 0 aliphatic carbocycles. The zero-order valence-corrected chi connectivity index (χ0v) is 26.0. The Hall–Kier alpha value is -3.89. The highest BCUT2D eigenvalue weighted by molar-refractivity contribution is 14.1.